The number of benzene rings is 1. The number of nitrogens with one attached hydrogen (secondary N) is 1. The van der Waals surface area contributed by atoms with E-state index in [-0.39, 0.29) is 0 Å². The molecule has 3 rings (SSSR count). The molecule has 108 valence electrons. The molecule has 0 unspecified atom stereocenters. The van der Waals surface area contributed by atoms with E-state index in [9.17, 15) is 0 Å². The zero-order valence-electron chi connectivity index (χ0n) is 11.7. The topological polar surface area (TPSA) is 64.9 Å². The third kappa shape index (κ3) is 2.82. The monoisotopic (exact) mass is 347 g/mol. The number of aromatic nitrogens is 4. The molecule has 0 atom stereocenters. The van der Waals surface area contributed by atoms with Crippen LogP contribution in [-0.2, 0) is 13.7 Å². The maximum absolute atomic E-state index is 5.71. The van der Waals surface area contributed by atoms with Crippen LogP contribution in [0.5, 0.6) is 5.75 Å². The number of rotatable bonds is 4. The van der Waals surface area contributed by atoms with Gasteiger partial charge in [0.05, 0.1) is 11.6 Å². The van der Waals surface area contributed by atoms with Gasteiger partial charge in [-0.05, 0) is 24.3 Å². The van der Waals surface area contributed by atoms with Gasteiger partial charge in [-0.3, -0.25) is 4.68 Å². The van der Waals surface area contributed by atoms with Crippen LogP contribution in [-0.4, -0.2) is 26.8 Å². The van der Waals surface area contributed by atoms with Gasteiger partial charge in [0.2, 0.25) is 0 Å². The minimum Gasteiger partial charge on any atom is -0.486 e. The van der Waals surface area contributed by atoms with Crippen LogP contribution in [0.3, 0.4) is 0 Å². The molecule has 1 aromatic carbocycles. The van der Waals surface area contributed by atoms with Gasteiger partial charge in [0, 0.05) is 18.6 Å². The number of nitrogens with zero attached hydrogens (tertiary/aromatic N) is 4. The first-order valence-corrected chi connectivity index (χ1v) is 7.21. The van der Waals surface area contributed by atoms with Crippen molar-refractivity contribution in [3.05, 3.63) is 40.8 Å². The van der Waals surface area contributed by atoms with Crippen LogP contribution in [0.2, 0.25) is 0 Å². The number of hydrogen-bond donors (Lipinski definition) is 1. The van der Waals surface area contributed by atoms with Crippen LogP contribution >= 0.6 is 15.9 Å². The highest BCUT2D eigenvalue weighted by molar-refractivity contribution is 9.10. The van der Waals surface area contributed by atoms with E-state index >= 15 is 0 Å². The molecule has 7 heteroatoms. The molecule has 0 aliphatic rings. The highest BCUT2D eigenvalue weighted by atomic mass is 79.9. The van der Waals surface area contributed by atoms with E-state index in [0.717, 1.165) is 27.1 Å². The van der Waals surface area contributed by atoms with Crippen molar-refractivity contribution in [3.8, 4) is 5.75 Å². The fourth-order valence-corrected chi connectivity index (χ4v) is 2.27. The van der Waals surface area contributed by atoms with Crippen molar-refractivity contribution < 1.29 is 4.74 Å². The molecular formula is C14H14BrN5O. The van der Waals surface area contributed by atoms with E-state index < -0.39 is 0 Å². The molecule has 2 heterocycles. The first-order chi connectivity index (χ1) is 10.2. The molecule has 2 aromatic heterocycles. The lowest BCUT2D eigenvalue weighted by Crippen LogP contribution is -2.06. The van der Waals surface area contributed by atoms with Crippen LogP contribution in [0.1, 0.15) is 5.82 Å². The Hall–Kier alpha value is -2.15. The van der Waals surface area contributed by atoms with Crippen molar-refractivity contribution in [2.24, 2.45) is 7.05 Å². The molecule has 0 spiro atoms. The predicted molar refractivity (Wildman–Crippen MR) is 84.3 cm³/mol. The molecular weight excluding hydrogens is 334 g/mol. The fraction of sp³-hybridized carbons (Fsp3) is 0.214. The van der Waals surface area contributed by atoms with Crippen LogP contribution in [0.25, 0.3) is 11.0 Å². The Kier molecular flexibility index (Phi) is 3.74. The summed E-state index contributed by atoms with van der Waals surface area (Å²) in [6.45, 7) is 0.303. The summed E-state index contributed by atoms with van der Waals surface area (Å²) in [5.74, 6) is 2.14. The molecule has 0 saturated carbocycles. The number of halogens is 1. The van der Waals surface area contributed by atoms with E-state index in [1.807, 2.05) is 38.4 Å². The second kappa shape index (κ2) is 5.69. The Morgan fingerprint density at radius 3 is 2.71 bits per heavy atom. The SMILES string of the molecule is CNc1nc(COc2ccc(Br)cc2)nc2c1cnn2C. The largest absolute Gasteiger partial charge is 0.486 e. The summed E-state index contributed by atoms with van der Waals surface area (Å²) in [6.07, 6.45) is 1.75. The second-order valence-electron chi connectivity index (χ2n) is 4.49. The molecule has 0 bridgehead atoms. The van der Waals surface area contributed by atoms with Gasteiger partial charge in [-0.1, -0.05) is 15.9 Å². The Labute approximate surface area is 130 Å². The first-order valence-electron chi connectivity index (χ1n) is 6.42. The molecule has 0 saturated heterocycles. The van der Waals surface area contributed by atoms with Gasteiger partial charge in [-0.15, -0.1) is 0 Å². The second-order valence-corrected chi connectivity index (χ2v) is 5.40. The third-order valence-electron chi connectivity index (χ3n) is 3.06. The highest BCUT2D eigenvalue weighted by Gasteiger charge is 2.10. The van der Waals surface area contributed by atoms with Gasteiger partial charge in [-0.2, -0.15) is 5.10 Å². The van der Waals surface area contributed by atoms with Crippen molar-refractivity contribution in [2.45, 2.75) is 6.61 Å². The number of ether oxygens (including phenoxy) is 1. The van der Waals surface area contributed by atoms with Gasteiger partial charge in [0.15, 0.2) is 11.5 Å². The number of aryl methyl sites for hydroxylation is 1. The Morgan fingerprint density at radius 1 is 1.24 bits per heavy atom. The number of hydrogen-bond acceptors (Lipinski definition) is 5. The maximum atomic E-state index is 5.71. The summed E-state index contributed by atoms with van der Waals surface area (Å²) in [5.41, 5.74) is 0.781. The standard InChI is InChI=1S/C14H14BrN5O/c1-16-13-11-7-17-20(2)14(11)19-12(18-13)8-21-10-5-3-9(15)4-6-10/h3-7H,8H2,1-2H3,(H,16,18,19). The van der Waals surface area contributed by atoms with Crippen molar-refractivity contribution in [1.82, 2.24) is 19.7 Å². The van der Waals surface area contributed by atoms with Gasteiger partial charge in [-0.25, -0.2) is 9.97 Å². The minimum atomic E-state index is 0.303. The van der Waals surface area contributed by atoms with E-state index in [4.69, 9.17) is 4.74 Å². The molecule has 0 aliphatic heterocycles. The van der Waals surface area contributed by atoms with Gasteiger partial charge < -0.3 is 10.1 Å². The summed E-state index contributed by atoms with van der Waals surface area (Å²) in [4.78, 5) is 8.95. The molecule has 0 radical (unpaired) electrons. The summed E-state index contributed by atoms with van der Waals surface area (Å²) in [7, 11) is 3.68. The van der Waals surface area contributed by atoms with Crippen molar-refractivity contribution in [2.75, 3.05) is 12.4 Å². The molecule has 0 fully saturated rings. The van der Waals surface area contributed by atoms with E-state index in [2.05, 4.69) is 36.3 Å². The van der Waals surface area contributed by atoms with Crippen LogP contribution in [0.15, 0.2) is 34.9 Å². The van der Waals surface area contributed by atoms with Crippen LogP contribution in [0.4, 0.5) is 5.82 Å². The fourth-order valence-electron chi connectivity index (χ4n) is 2.00. The van der Waals surface area contributed by atoms with Crippen molar-refractivity contribution in [3.63, 3.8) is 0 Å². The van der Waals surface area contributed by atoms with Crippen LogP contribution in [0, 0.1) is 0 Å². The number of anilines is 1. The Morgan fingerprint density at radius 2 is 2.00 bits per heavy atom. The van der Waals surface area contributed by atoms with Gasteiger partial charge in [0.25, 0.3) is 0 Å². The summed E-state index contributed by atoms with van der Waals surface area (Å²) < 4.78 is 8.45. The molecule has 0 amide bonds. The quantitative estimate of drug-likeness (QED) is 0.785. The first kappa shape index (κ1) is 13.8. The Balaban J connectivity index is 1.86. The number of fused-ring (bicyclic) bond motifs is 1. The summed E-state index contributed by atoms with van der Waals surface area (Å²) in [6, 6.07) is 7.65. The van der Waals surface area contributed by atoms with Crippen LogP contribution < -0.4 is 10.1 Å². The average molecular weight is 348 g/mol. The molecule has 3 aromatic rings. The van der Waals surface area contributed by atoms with Gasteiger partial charge >= 0.3 is 0 Å². The lowest BCUT2D eigenvalue weighted by atomic mass is 10.3. The zero-order valence-corrected chi connectivity index (χ0v) is 13.3. The molecule has 0 aliphatic carbocycles. The van der Waals surface area contributed by atoms with Crippen molar-refractivity contribution in [1.29, 1.82) is 0 Å². The zero-order chi connectivity index (χ0) is 14.8. The highest BCUT2D eigenvalue weighted by Crippen LogP contribution is 2.20. The van der Waals surface area contributed by atoms with Gasteiger partial charge in [0.1, 0.15) is 18.2 Å². The normalized spacial score (nSPS) is 10.8. The van der Waals surface area contributed by atoms with E-state index in [1.54, 1.807) is 10.9 Å². The minimum absolute atomic E-state index is 0.303. The van der Waals surface area contributed by atoms with Crippen molar-refractivity contribution >= 4 is 32.8 Å². The average Bonchev–Trinajstić information content (AvgIpc) is 2.87. The molecule has 6 nitrogen and oxygen atoms in total. The summed E-state index contributed by atoms with van der Waals surface area (Å²) in [5, 5.41) is 8.16. The lowest BCUT2D eigenvalue weighted by molar-refractivity contribution is 0.296. The molecule has 21 heavy (non-hydrogen) atoms. The predicted octanol–water partition coefficient (Wildman–Crippen LogP) is 2.75. The van der Waals surface area contributed by atoms with E-state index in [1.165, 1.54) is 0 Å². The lowest BCUT2D eigenvalue weighted by Gasteiger charge is -2.08. The maximum Gasteiger partial charge on any atom is 0.170 e. The van der Waals surface area contributed by atoms with E-state index in [0.29, 0.717) is 12.4 Å². The summed E-state index contributed by atoms with van der Waals surface area (Å²) >= 11 is 3.39. The Bertz CT molecular complexity index is 769. The third-order valence-corrected chi connectivity index (χ3v) is 3.59. The molecule has 1 N–H and O–H groups in total. The smallest absolute Gasteiger partial charge is 0.170 e.